The number of carbonyl (C=O) groups is 1. The van der Waals surface area contributed by atoms with Crippen LogP contribution in [0.5, 0.6) is 11.5 Å². The normalized spacial score (nSPS) is 13.5. The number of amides is 1. The number of fused-ring (bicyclic) bond motifs is 1. The molecule has 1 aromatic heterocycles. The minimum absolute atomic E-state index is 0.00687. The van der Waals surface area contributed by atoms with Crippen LogP contribution in [0, 0.1) is 13.8 Å². The Kier molecular flexibility index (Phi) is 5.36. The van der Waals surface area contributed by atoms with Crippen LogP contribution in [-0.4, -0.2) is 40.1 Å². The molecule has 0 radical (unpaired) electrons. The van der Waals surface area contributed by atoms with Crippen molar-refractivity contribution in [1.82, 2.24) is 4.98 Å². The number of rotatable bonds is 5. The standard InChI is InChI=1S/C21H21N3O5S2/c1-12-5-7-17(28-4)18(9-12)31(26,27)23-21-22-20(13(2)30-21)14-6-8-16-15(10-14)24(3)19(25)11-29-16/h5-10H,11H2,1-4H3,(H,22,23). The average Bonchev–Trinajstić information content (AvgIpc) is 3.09. The van der Waals surface area contributed by atoms with Gasteiger partial charge < -0.3 is 14.4 Å². The number of aromatic nitrogens is 1. The second kappa shape index (κ2) is 7.86. The molecule has 0 atom stereocenters. The maximum atomic E-state index is 13.0. The van der Waals surface area contributed by atoms with Crippen LogP contribution in [0.15, 0.2) is 41.3 Å². The van der Waals surface area contributed by atoms with Crippen LogP contribution in [0.4, 0.5) is 10.8 Å². The number of sulfonamides is 1. The second-order valence-electron chi connectivity index (χ2n) is 7.11. The molecule has 0 unspecified atom stereocenters. The van der Waals surface area contributed by atoms with Crippen LogP contribution in [-0.2, 0) is 14.8 Å². The minimum atomic E-state index is -3.89. The topological polar surface area (TPSA) is 97.8 Å². The van der Waals surface area contributed by atoms with Gasteiger partial charge >= 0.3 is 0 Å². The van der Waals surface area contributed by atoms with Crippen molar-refractivity contribution in [3.8, 4) is 22.8 Å². The molecule has 1 aliphatic rings. The van der Waals surface area contributed by atoms with Gasteiger partial charge in [0.25, 0.3) is 15.9 Å². The van der Waals surface area contributed by atoms with E-state index in [0.717, 1.165) is 16.0 Å². The van der Waals surface area contributed by atoms with E-state index in [2.05, 4.69) is 9.71 Å². The third-order valence-electron chi connectivity index (χ3n) is 4.95. The molecule has 0 aliphatic carbocycles. The highest BCUT2D eigenvalue weighted by atomic mass is 32.2. The van der Waals surface area contributed by atoms with Crippen LogP contribution in [0.25, 0.3) is 11.3 Å². The predicted octanol–water partition coefficient (Wildman–Crippen LogP) is 3.59. The monoisotopic (exact) mass is 459 g/mol. The number of ether oxygens (including phenoxy) is 2. The quantitative estimate of drug-likeness (QED) is 0.626. The van der Waals surface area contributed by atoms with Crippen LogP contribution in [0.1, 0.15) is 10.4 Å². The van der Waals surface area contributed by atoms with Crippen molar-refractivity contribution < 1.29 is 22.7 Å². The summed E-state index contributed by atoms with van der Waals surface area (Å²) < 4.78 is 39.2. The second-order valence-corrected chi connectivity index (χ2v) is 9.96. The first-order chi connectivity index (χ1) is 14.7. The molecule has 10 heteroatoms. The highest BCUT2D eigenvalue weighted by Gasteiger charge is 2.25. The largest absolute Gasteiger partial charge is 0.495 e. The van der Waals surface area contributed by atoms with E-state index in [9.17, 15) is 13.2 Å². The summed E-state index contributed by atoms with van der Waals surface area (Å²) in [5.41, 5.74) is 2.84. The lowest BCUT2D eigenvalue weighted by atomic mass is 10.1. The van der Waals surface area contributed by atoms with E-state index >= 15 is 0 Å². The van der Waals surface area contributed by atoms with E-state index < -0.39 is 10.0 Å². The summed E-state index contributed by atoms with van der Waals surface area (Å²) in [6.45, 7) is 3.68. The molecule has 2 heterocycles. The van der Waals surface area contributed by atoms with Crippen LogP contribution >= 0.6 is 11.3 Å². The van der Waals surface area contributed by atoms with Gasteiger partial charge in [0.1, 0.15) is 16.4 Å². The van der Waals surface area contributed by atoms with Crippen molar-refractivity contribution in [3.63, 3.8) is 0 Å². The first-order valence-corrected chi connectivity index (χ1v) is 11.7. The van der Waals surface area contributed by atoms with Gasteiger partial charge in [-0.05, 0) is 49.7 Å². The maximum absolute atomic E-state index is 13.0. The minimum Gasteiger partial charge on any atom is -0.495 e. The summed E-state index contributed by atoms with van der Waals surface area (Å²) >= 11 is 1.23. The number of nitrogens with zero attached hydrogens (tertiary/aromatic N) is 2. The average molecular weight is 460 g/mol. The van der Waals surface area contributed by atoms with Crippen LogP contribution in [0.3, 0.4) is 0 Å². The summed E-state index contributed by atoms with van der Waals surface area (Å²) in [6, 6.07) is 10.4. The number of anilines is 2. The molecular formula is C21H21N3O5S2. The number of hydrogen-bond acceptors (Lipinski definition) is 7. The fourth-order valence-electron chi connectivity index (χ4n) is 3.29. The zero-order chi connectivity index (χ0) is 22.3. The van der Waals surface area contributed by atoms with Gasteiger partial charge in [-0.1, -0.05) is 6.07 Å². The summed E-state index contributed by atoms with van der Waals surface area (Å²) in [7, 11) is -0.776. The SMILES string of the molecule is COc1ccc(C)cc1S(=O)(=O)Nc1nc(-c2ccc3c(c2)N(C)C(=O)CO3)c(C)s1. The molecule has 0 fully saturated rings. The summed E-state index contributed by atoms with van der Waals surface area (Å²) in [4.78, 5) is 18.9. The number of methoxy groups -OCH3 is 1. The van der Waals surface area contributed by atoms with E-state index in [1.54, 1.807) is 31.3 Å². The number of hydrogen-bond donors (Lipinski definition) is 1. The lowest BCUT2D eigenvalue weighted by Crippen LogP contribution is -2.35. The van der Waals surface area contributed by atoms with Gasteiger partial charge in [-0.15, -0.1) is 11.3 Å². The molecule has 0 spiro atoms. The summed E-state index contributed by atoms with van der Waals surface area (Å²) in [6.07, 6.45) is 0. The number of nitrogens with one attached hydrogen (secondary N) is 1. The molecule has 3 aromatic rings. The fourth-order valence-corrected chi connectivity index (χ4v) is 5.62. The molecule has 2 aromatic carbocycles. The highest BCUT2D eigenvalue weighted by molar-refractivity contribution is 7.93. The van der Waals surface area contributed by atoms with Crippen LogP contribution < -0.4 is 19.1 Å². The molecule has 0 saturated heterocycles. The zero-order valence-corrected chi connectivity index (χ0v) is 19.1. The van der Waals surface area contributed by atoms with Gasteiger partial charge in [0.05, 0.1) is 18.5 Å². The number of aryl methyl sites for hydroxylation is 2. The molecule has 0 saturated carbocycles. The van der Waals surface area contributed by atoms with E-state index in [-0.39, 0.29) is 28.3 Å². The molecule has 4 rings (SSSR count). The molecule has 8 nitrogen and oxygen atoms in total. The Morgan fingerprint density at radius 3 is 2.71 bits per heavy atom. The first-order valence-electron chi connectivity index (χ1n) is 9.38. The van der Waals surface area contributed by atoms with Gasteiger partial charge in [0.2, 0.25) is 0 Å². The van der Waals surface area contributed by atoms with Crippen molar-refractivity contribution in [2.45, 2.75) is 18.7 Å². The zero-order valence-electron chi connectivity index (χ0n) is 17.4. The fraction of sp³-hybridized carbons (Fsp3) is 0.238. The molecule has 1 amide bonds. The molecular weight excluding hydrogens is 438 g/mol. The summed E-state index contributed by atoms with van der Waals surface area (Å²) in [5.74, 6) is 0.736. The Labute approximate surface area is 184 Å². The smallest absolute Gasteiger partial charge is 0.267 e. The molecule has 1 N–H and O–H groups in total. The number of benzene rings is 2. The highest BCUT2D eigenvalue weighted by Crippen LogP contribution is 2.38. The molecule has 31 heavy (non-hydrogen) atoms. The van der Waals surface area contributed by atoms with Crippen molar-refractivity contribution in [2.24, 2.45) is 0 Å². The Balaban J connectivity index is 1.68. The number of carbonyl (C=O) groups excluding carboxylic acids is 1. The molecule has 0 bridgehead atoms. The van der Waals surface area contributed by atoms with Crippen molar-refractivity contribution in [2.75, 3.05) is 30.4 Å². The van der Waals surface area contributed by atoms with Crippen molar-refractivity contribution in [1.29, 1.82) is 0 Å². The van der Waals surface area contributed by atoms with Gasteiger partial charge in [0.15, 0.2) is 11.7 Å². The molecule has 1 aliphatic heterocycles. The summed E-state index contributed by atoms with van der Waals surface area (Å²) in [5, 5.41) is 0.245. The van der Waals surface area contributed by atoms with E-state index in [1.165, 1.54) is 23.3 Å². The first kappa shape index (κ1) is 21.1. The van der Waals surface area contributed by atoms with Crippen molar-refractivity contribution >= 4 is 38.1 Å². The Bertz CT molecular complexity index is 1280. The Morgan fingerprint density at radius 2 is 1.97 bits per heavy atom. The lowest BCUT2D eigenvalue weighted by molar-refractivity contribution is -0.120. The number of likely N-dealkylation sites (N-methyl/N-ethyl adjacent to an activating group) is 1. The van der Waals surface area contributed by atoms with Crippen LogP contribution in [0.2, 0.25) is 0 Å². The van der Waals surface area contributed by atoms with E-state index in [4.69, 9.17) is 9.47 Å². The van der Waals surface area contributed by atoms with Gasteiger partial charge in [-0.2, -0.15) is 0 Å². The van der Waals surface area contributed by atoms with Crippen molar-refractivity contribution in [3.05, 3.63) is 46.8 Å². The Morgan fingerprint density at radius 1 is 1.19 bits per heavy atom. The third kappa shape index (κ3) is 3.96. The van der Waals surface area contributed by atoms with Gasteiger partial charge in [0, 0.05) is 17.5 Å². The maximum Gasteiger partial charge on any atom is 0.267 e. The lowest BCUT2D eigenvalue weighted by Gasteiger charge is -2.26. The van der Waals surface area contributed by atoms with E-state index in [1.807, 2.05) is 26.0 Å². The number of thiazole rings is 1. The van der Waals surface area contributed by atoms with Gasteiger partial charge in [-0.3, -0.25) is 9.52 Å². The third-order valence-corrected chi connectivity index (χ3v) is 7.32. The Hall–Kier alpha value is -3.11. The van der Waals surface area contributed by atoms with E-state index in [0.29, 0.717) is 17.1 Å². The van der Waals surface area contributed by atoms with Gasteiger partial charge in [-0.25, -0.2) is 13.4 Å². The predicted molar refractivity (Wildman–Crippen MR) is 120 cm³/mol. The molecule has 162 valence electrons.